The Labute approximate surface area is 150 Å². The molecule has 142 valence electrons. The maximum Gasteiger partial charge on any atom is 0.365 e. The summed E-state index contributed by atoms with van der Waals surface area (Å²) in [4.78, 5) is 43.8. The predicted octanol–water partition coefficient (Wildman–Crippen LogP) is -1.91. The van der Waals surface area contributed by atoms with Crippen molar-refractivity contribution in [2.24, 2.45) is 5.16 Å². The number of ether oxygens (including phenoxy) is 1. The van der Waals surface area contributed by atoms with Crippen LogP contribution in [-0.2, 0) is 34.3 Å². The third-order valence-corrected chi connectivity index (χ3v) is 4.54. The maximum absolute atomic E-state index is 12.4. The Bertz CT molecular complexity index is 879. The molecule has 1 aromatic rings. The normalized spacial score (nSPS) is 20.3. The van der Waals surface area contributed by atoms with Crippen LogP contribution in [0, 0.1) is 0 Å². The van der Waals surface area contributed by atoms with Crippen LogP contribution in [0.3, 0.4) is 0 Å². The first-order valence-electron chi connectivity index (χ1n) is 6.67. The summed E-state index contributed by atoms with van der Waals surface area (Å²) in [5.41, 5.74) is 5.19. The zero-order valence-electron chi connectivity index (χ0n) is 13.3. The number of nitrogen functional groups attached to an aromatic ring is 1. The number of hydrogen-bond donors (Lipinski definition) is 3. The van der Waals surface area contributed by atoms with Gasteiger partial charge in [0.05, 0.1) is 0 Å². The molecule has 1 fully saturated rings. The van der Waals surface area contributed by atoms with E-state index in [-0.39, 0.29) is 20.8 Å². The Kier molecular flexibility index (Phi) is 5.43. The summed E-state index contributed by atoms with van der Waals surface area (Å²) in [7, 11) is -3.82. The molecule has 1 saturated heterocycles. The first-order valence-corrected chi connectivity index (χ1v) is 8.95. The van der Waals surface area contributed by atoms with Gasteiger partial charge in [-0.05, 0) is 0 Å². The van der Waals surface area contributed by atoms with Crippen LogP contribution >= 0.6 is 11.3 Å². The number of carbonyl (C=O) groups is 3. The molecule has 15 heteroatoms. The van der Waals surface area contributed by atoms with E-state index in [9.17, 15) is 22.8 Å². The Morgan fingerprint density at radius 2 is 2.15 bits per heavy atom. The average Bonchev–Trinajstić information content (AvgIpc) is 2.94. The number of esters is 1. The van der Waals surface area contributed by atoms with E-state index in [4.69, 9.17) is 10.3 Å². The lowest BCUT2D eigenvalue weighted by Gasteiger charge is -2.42. The van der Waals surface area contributed by atoms with E-state index in [0.717, 1.165) is 18.3 Å². The fourth-order valence-electron chi connectivity index (χ4n) is 2.00. The van der Waals surface area contributed by atoms with Crippen molar-refractivity contribution in [3.63, 3.8) is 0 Å². The molecule has 2 atom stereocenters. The van der Waals surface area contributed by atoms with Gasteiger partial charge in [-0.25, -0.2) is 4.98 Å². The number of nitrogens with zero attached hydrogens (tertiary/aromatic N) is 3. The summed E-state index contributed by atoms with van der Waals surface area (Å²) in [6.07, 6.45) is -1.75. The van der Waals surface area contributed by atoms with Gasteiger partial charge >= 0.3 is 16.3 Å². The van der Waals surface area contributed by atoms with Gasteiger partial charge in [-0.2, -0.15) is 12.7 Å². The monoisotopic (exact) mass is 407 g/mol. The fraction of sp³-hybridized carbons (Fsp3) is 0.364. The molecule has 2 amide bonds. The van der Waals surface area contributed by atoms with Crippen LogP contribution in [0.4, 0.5) is 5.13 Å². The van der Waals surface area contributed by atoms with E-state index < -0.39 is 40.4 Å². The predicted molar refractivity (Wildman–Crippen MR) is 86.0 cm³/mol. The Morgan fingerprint density at radius 3 is 2.62 bits per heavy atom. The molecule has 0 saturated carbocycles. The molecule has 1 aliphatic heterocycles. The van der Waals surface area contributed by atoms with Crippen LogP contribution in [0.1, 0.15) is 12.6 Å². The van der Waals surface area contributed by atoms with Gasteiger partial charge in [-0.15, -0.1) is 11.3 Å². The van der Waals surface area contributed by atoms with Crippen LogP contribution in [0.5, 0.6) is 0 Å². The van der Waals surface area contributed by atoms with Crippen LogP contribution in [0.25, 0.3) is 0 Å². The molecule has 4 N–H and O–H groups in total. The van der Waals surface area contributed by atoms with Crippen molar-refractivity contribution in [2.75, 3.05) is 12.8 Å². The molecular formula is C11H13N5O8S2. The number of amides is 2. The molecule has 0 aromatic carbocycles. The molecule has 1 aliphatic rings. The van der Waals surface area contributed by atoms with Crippen LogP contribution in [0.15, 0.2) is 10.5 Å². The number of oxime groups is 1. The number of rotatable bonds is 6. The second-order valence-corrected chi connectivity index (χ2v) is 6.94. The highest BCUT2D eigenvalue weighted by atomic mass is 32.2. The number of nitrogens with one attached hydrogen (secondary N) is 1. The summed E-state index contributed by atoms with van der Waals surface area (Å²) >= 11 is 1.02. The molecular weight excluding hydrogens is 394 g/mol. The summed E-state index contributed by atoms with van der Waals surface area (Å²) in [6, 6.07) is -1.56. The number of hydrogen-bond acceptors (Lipinski definition) is 11. The lowest BCUT2D eigenvalue weighted by molar-refractivity contribution is -0.178. The number of nitrogens with two attached hydrogens (primary N) is 1. The maximum atomic E-state index is 12.4. The lowest BCUT2D eigenvalue weighted by Crippen LogP contribution is -2.73. The molecule has 26 heavy (non-hydrogen) atoms. The van der Waals surface area contributed by atoms with Crippen LogP contribution in [-0.4, -0.2) is 65.1 Å². The standard InChI is InChI=1S/C11H13N5O8S2/c1-4(17)24-10-7(9(19)16(10)26(20,21)22)14-8(18)6(15-23-2)5-3-25-11(12)13-5/h3,7,10H,1-2H3,(H2,12,13)(H,14,18)(H,20,21,22)/b15-6-/t7-,10+/m1/s1. The minimum Gasteiger partial charge on any atom is -0.438 e. The van der Waals surface area contributed by atoms with Crippen molar-refractivity contribution in [3.05, 3.63) is 11.1 Å². The summed E-state index contributed by atoms with van der Waals surface area (Å²) in [5, 5.41) is 7.19. The smallest absolute Gasteiger partial charge is 0.365 e. The quantitative estimate of drug-likeness (QED) is 0.158. The van der Waals surface area contributed by atoms with Gasteiger partial charge in [0.25, 0.3) is 11.8 Å². The average molecular weight is 407 g/mol. The molecule has 0 spiro atoms. The highest BCUT2D eigenvalue weighted by molar-refractivity contribution is 7.84. The van der Waals surface area contributed by atoms with Crippen molar-refractivity contribution < 1.29 is 36.9 Å². The molecule has 0 radical (unpaired) electrons. The first-order chi connectivity index (χ1) is 12.1. The summed E-state index contributed by atoms with van der Waals surface area (Å²) in [5.74, 6) is -3.11. The second kappa shape index (κ2) is 7.22. The highest BCUT2D eigenvalue weighted by Crippen LogP contribution is 2.25. The fourth-order valence-corrected chi connectivity index (χ4v) is 3.32. The van der Waals surface area contributed by atoms with Crippen LogP contribution in [0.2, 0.25) is 0 Å². The molecule has 0 aliphatic carbocycles. The Hall–Kier alpha value is -2.78. The van der Waals surface area contributed by atoms with Crippen molar-refractivity contribution in [1.29, 1.82) is 0 Å². The minimum absolute atomic E-state index is 0.0503. The SMILES string of the molecule is CO/N=C(\C(=O)N[C@@H]1C(=O)N(S(=O)(=O)O)[C@H]1OC(C)=O)c1csc(N)n1. The van der Waals surface area contributed by atoms with Gasteiger partial charge in [0.15, 0.2) is 16.9 Å². The number of aromatic nitrogens is 1. The van der Waals surface area contributed by atoms with E-state index in [0.29, 0.717) is 0 Å². The zero-order chi connectivity index (χ0) is 19.6. The van der Waals surface area contributed by atoms with E-state index in [2.05, 4.69) is 25.0 Å². The Morgan fingerprint density at radius 1 is 1.50 bits per heavy atom. The molecule has 2 heterocycles. The van der Waals surface area contributed by atoms with Crippen LogP contribution < -0.4 is 11.1 Å². The lowest BCUT2D eigenvalue weighted by atomic mass is 10.1. The number of thiazole rings is 1. The molecule has 0 bridgehead atoms. The van der Waals surface area contributed by atoms with Gasteiger partial charge in [0.1, 0.15) is 12.8 Å². The van der Waals surface area contributed by atoms with Crippen molar-refractivity contribution in [2.45, 2.75) is 19.2 Å². The number of carbonyl (C=O) groups excluding carboxylic acids is 3. The van der Waals surface area contributed by atoms with Gasteiger partial charge in [-0.1, -0.05) is 5.16 Å². The first kappa shape index (κ1) is 19.5. The summed E-state index contributed by atoms with van der Waals surface area (Å²) in [6.45, 7) is 0.958. The highest BCUT2D eigenvalue weighted by Gasteiger charge is 2.56. The largest absolute Gasteiger partial charge is 0.438 e. The number of β-lactam (4-membered cyclic amide) rings is 1. The van der Waals surface area contributed by atoms with Crippen molar-refractivity contribution >= 4 is 50.3 Å². The van der Waals surface area contributed by atoms with E-state index >= 15 is 0 Å². The van der Waals surface area contributed by atoms with Crippen molar-refractivity contribution in [1.82, 2.24) is 14.6 Å². The van der Waals surface area contributed by atoms with Crippen molar-refractivity contribution in [3.8, 4) is 0 Å². The van der Waals surface area contributed by atoms with Gasteiger partial charge in [-0.3, -0.25) is 18.9 Å². The molecule has 13 nitrogen and oxygen atoms in total. The molecule has 1 aromatic heterocycles. The minimum atomic E-state index is -4.98. The molecule has 0 unspecified atom stereocenters. The topological polar surface area (TPSA) is 191 Å². The summed E-state index contributed by atoms with van der Waals surface area (Å²) < 4.78 is 36.0. The second-order valence-electron chi connectivity index (χ2n) is 4.76. The zero-order valence-corrected chi connectivity index (χ0v) is 14.9. The molecule has 2 rings (SSSR count). The third kappa shape index (κ3) is 3.89. The van der Waals surface area contributed by atoms with Gasteiger partial charge in [0.2, 0.25) is 6.23 Å². The third-order valence-electron chi connectivity index (χ3n) is 2.98. The number of anilines is 1. The van der Waals surface area contributed by atoms with Gasteiger partial charge in [0, 0.05) is 12.3 Å². The van der Waals surface area contributed by atoms with E-state index in [1.165, 1.54) is 12.5 Å². The van der Waals surface area contributed by atoms with E-state index in [1.54, 1.807) is 0 Å². The Balaban J connectivity index is 2.24. The van der Waals surface area contributed by atoms with E-state index in [1.807, 2.05) is 0 Å². The van der Waals surface area contributed by atoms with Gasteiger partial charge < -0.3 is 20.6 Å².